The van der Waals surface area contributed by atoms with E-state index in [1.807, 2.05) is 49.5 Å². The van der Waals surface area contributed by atoms with Gasteiger partial charge in [-0.2, -0.15) is 0 Å². The fourth-order valence-electron chi connectivity index (χ4n) is 3.13. The summed E-state index contributed by atoms with van der Waals surface area (Å²) in [4.78, 5) is 9.02. The first-order chi connectivity index (χ1) is 15.3. The molecule has 160 valence electrons. The minimum atomic E-state index is 0.641. The quantitative estimate of drug-likeness (QED) is 0.283. The fraction of sp³-hybridized carbons (Fsp3) is 0.304. The molecule has 0 amide bonds. The maximum atomic E-state index is 5.60. The summed E-state index contributed by atoms with van der Waals surface area (Å²) in [6.07, 6.45) is 6.99. The van der Waals surface area contributed by atoms with Crippen molar-refractivity contribution in [3.8, 4) is 22.8 Å². The Morgan fingerprint density at radius 1 is 1.10 bits per heavy atom. The summed E-state index contributed by atoms with van der Waals surface area (Å²) in [5.41, 5.74) is 2.99. The van der Waals surface area contributed by atoms with Crippen molar-refractivity contribution < 1.29 is 4.74 Å². The smallest absolute Gasteiger partial charge is 0.196 e. The minimum absolute atomic E-state index is 0.641. The van der Waals surface area contributed by atoms with Crippen LogP contribution in [-0.2, 0) is 12.2 Å². The number of pyridine rings is 1. The summed E-state index contributed by atoms with van der Waals surface area (Å²) in [5, 5.41) is 13.2. The van der Waals surface area contributed by atoms with Crippen LogP contribution in [0.3, 0.4) is 0 Å². The van der Waals surface area contributed by atoms with Gasteiger partial charge in [-0.1, -0.05) is 25.1 Å². The van der Waals surface area contributed by atoms with Crippen molar-refractivity contribution in [2.75, 3.05) is 6.61 Å². The van der Waals surface area contributed by atoms with Crippen LogP contribution in [0.4, 0.5) is 0 Å². The third kappa shape index (κ3) is 5.32. The summed E-state index contributed by atoms with van der Waals surface area (Å²) >= 11 is 3.39. The average molecular weight is 452 g/mol. The highest BCUT2D eigenvalue weighted by atomic mass is 32.2. The van der Waals surface area contributed by atoms with Crippen LogP contribution in [0.2, 0.25) is 0 Å². The van der Waals surface area contributed by atoms with E-state index in [0.29, 0.717) is 6.61 Å². The minimum Gasteiger partial charge on any atom is -0.494 e. The van der Waals surface area contributed by atoms with Crippen LogP contribution in [0.1, 0.15) is 37.4 Å². The van der Waals surface area contributed by atoms with E-state index < -0.39 is 0 Å². The number of hydrogen-bond acceptors (Lipinski definition) is 7. The van der Waals surface area contributed by atoms with E-state index in [2.05, 4.69) is 32.1 Å². The second kappa shape index (κ2) is 10.5. The zero-order valence-electron chi connectivity index (χ0n) is 17.7. The van der Waals surface area contributed by atoms with Gasteiger partial charge in [0.2, 0.25) is 0 Å². The zero-order valence-corrected chi connectivity index (χ0v) is 19.3. The van der Waals surface area contributed by atoms with Crippen molar-refractivity contribution in [3.05, 3.63) is 64.9 Å². The van der Waals surface area contributed by atoms with E-state index in [-0.39, 0.29) is 0 Å². The fourth-order valence-corrected chi connectivity index (χ4v) is 4.92. The number of benzene rings is 1. The lowest BCUT2D eigenvalue weighted by Crippen LogP contribution is -2.00. The van der Waals surface area contributed by atoms with Crippen molar-refractivity contribution in [2.45, 2.75) is 44.0 Å². The van der Waals surface area contributed by atoms with Crippen LogP contribution in [0.5, 0.6) is 5.75 Å². The van der Waals surface area contributed by atoms with Gasteiger partial charge in [-0.3, -0.25) is 9.55 Å². The topological polar surface area (TPSA) is 65.7 Å². The maximum Gasteiger partial charge on any atom is 0.196 e. The predicted octanol–water partition coefficient (Wildman–Crippen LogP) is 5.82. The molecule has 1 aromatic carbocycles. The molecule has 0 atom stereocenters. The van der Waals surface area contributed by atoms with E-state index in [1.165, 1.54) is 17.8 Å². The van der Waals surface area contributed by atoms with Gasteiger partial charge in [-0.25, -0.2) is 4.98 Å². The number of unbranched alkanes of at least 4 members (excludes halogenated alkanes) is 1. The van der Waals surface area contributed by atoms with Crippen molar-refractivity contribution in [2.24, 2.45) is 0 Å². The second-order valence-electron chi connectivity index (χ2n) is 6.94. The summed E-state index contributed by atoms with van der Waals surface area (Å²) < 4.78 is 7.67. The number of aromatic nitrogens is 5. The molecule has 0 aliphatic rings. The maximum absolute atomic E-state index is 5.60. The molecule has 4 rings (SSSR count). The van der Waals surface area contributed by atoms with Gasteiger partial charge >= 0.3 is 0 Å². The molecule has 0 N–H and O–H groups in total. The average Bonchev–Trinajstić information content (AvgIpc) is 3.44. The van der Waals surface area contributed by atoms with E-state index in [4.69, 9.17) is 9.72 Å². The first-order valence-electron chi connectivity index (χ1n) is 10.4. The number of ether oxygens (including phenoxy) is 1. The summed E-state index contributed by atoms with van der Waals surface area (Å²) in [5.74, 6) is 2.37. The molecule has 0 unspecified atom stereocenters. The van der Waals surface area contributed by atoms with Crippen molar-refractivity contribution in [3.63, 3.8) is 0 Å². The van der Waals surface area contributed by atoms with Gasteiger partial charge in [-0.05, 0) is 56.2 Å². The Morgan fingerprint density at radius 3 is 2.71 bits per heavy atom. The van der Waals surface area contributed by atoms with Crippen molar-refractivity contribution in [1.82, 2.24) is 24.7 Å². The van der Waals surface area contributed by atoms with Gasteiger partial charge in [0.05, 0.1) is 17.3 Å². The Kier molecular flexibility index (Phi) is 7.32. The summed E-state index contributed by atoms with van der Waals surface area (Å²) in [7, 11) is 0. The summed E-state index contributed by atoms with van der Waals surface area (Å²) in [6, 6.07) is 11.9. The van der Waals surface area contributed by atoms with Crippen LogP contribution >= 0.6 is 23.1 Å². The van der Waals surface area contributed by atoms with Gasteiger partial charge in [0.15, 0.2) is 11.0 Å². The molecule has 3 heterocycles. The molecule has 6 nitrogen and oxygen atoms in total. The molecule has 8 heteroatoms. The molecule has 0 spiro atoms. The molecular formula is C23H25N5OS2. The predicted molar refractivity (Wildman–Crippen MR) is 126 cm³/mol. The Hall–Kier alpha value is -2.71. The lowest BCUT2D eigenvalue weighted by Gasteiger charge is -2.11. The van der Waals surface area contributed by atoms with Crippen LogP contribution in [0, 0.1) is 0 Å². The second-order valence-corrected chi connectivity index (χ2v) is 8.82. The van der Waals surface area contributed by atoms with Gasteiger partial charge in [0, 0.05) is 34.8 Å². The number of aryl methyl sites for hydroxylation is 1. The normalized spacial score (nSPS) is 11.0. The van der Waals surface area contributed by atoms with Gasteiger partial charge in [0.25, 0.3) is 0 Å². The lowest BCUT2D eigenvalue weighted by molar-refractivity contribution is 0.340. The molecule has 0 saturated heterocycles. The molecule has 0 aliphatic carbocycles. The van der Waals surface area contributed by atoms with Crippen LogP contribution in [0.25, 0.3) is 17.1 Å². The van der Waals surface area contributed by atoms with E-state index in [1.54, 1.807) is 29.3 Å². The Labute approximate surface area is 190 Å². The summed E-state index contributed by atoms with van der Waals surface area (Å²) in [6.45, 7) is 4.83. The molecule has 0 fully saturated rings. The Morgan fingerprint density at radius 2 is 1.97 bits per heavy atom. The van der Waals surface area contributed by atoms with Gasteiger partial charge in [-0.15, -0.1) is 21.5 Å². The van der Waals surface area contributed by atoms with Crippen molar-refractivity contribution in [1.29, 1.82) is 0 Å². The monoisotopic (exact) mass is 451 g/mol. The first-order valence-corrected chi connectivity index (χ1v) is 12.3. The number of thiazole rings is 1. The number of rotatable bonds is 10. The number of nitrogens with zero attached hydrogens (tertiary/aromatic N) is 5. The lowest BCUT2D eigenvalue weighted by atomic mass is 10.2. The van der Waals surface area contributed by atoms with E-state index in [9.17, 15) is 0 Å². The number of hydrogen-bond donors (Lipinski definition) is 0. The van der Waals surface area contributed by atoms with Crippen molar-refractivity contribution >= 4 is 23.1 Å². The van der Waals surface area contributed by atoms with E-state index in [0.717, 1.165) is 45.8 Å². The highest BCUT2D eigenvalue weighted by molar-refractivity contribution is 7.98. The van der Waals surface area contributed by atoms with E-state index >= 15 is 0 Å². The largest absolute Gasteiger partial charge is 0.494 e. The molecule has 0 bridgehead atoms. The highest BCUT2D eigenvalue weighted by Gasteiger charge is 2.17. The van der Waals surface area contributed by atoms with Crippen LogP contribution < -0.4 is 4.74 Å². The molecule has 0 aliphatic heterocycles. The molecular weight excluding hydrogens is 426 g/mol. The molecule has 0 saturated carbocycles. The molecule has 4 aromatic rings. The molecule has 3 aromatic heterocycles. The van der Waals surface area contributed by atoms with Crippen LogP contribution in [-0.4, -0.2) is 31.3 Å². The standard InChI is InChI=1S/C23H25N5OS2/c1-3-5-8-21-25-18(15-30-21)16-31-23-27-26-22(17-7-6-13-24-14-17)28(23)19-9-11-20(12-10-19)29-4-2/h6-7,9-15H,3-5,8,16H2,1-2H3. The molecule has 0 radical (unpaired) electrons. The van der Waals surface area contributed by atoms with Crippen LogP contribution in [0.15, 0.2) is 59.3 Å². The number of thioether (sulfide) groups is 1. The zero-order chi connectivity index (χ0) is 21.5. The van der Waals surface area contributed by atoms with Gasteiger partial charge < -0.3 is 4.74 Å². The van der Waals surface area contributed by atoms with Gasteiger partial charge in [0.1, 0.15) is 5.75 Å². The third-order valence-corrected chi connectivity index (χ3v) is 6.57. The molecule has 31 heavy (non-hydrogen) atoms. The first kappa shape index (κ1) is 21.5. The highest BCUT2D eigenvalue weighted by Crippen LogP contribution is 2.30. The third-order valence-electron chi connectivity index (χ3n) is 4.65. The SMILES string of the molecule is CCCCc1nc(CSc2nnc(-c3cccnc3)n2-c2ccc(OCC)cc2)cs1. The Bertz CT molecular complexity index is 1090. The Balaban J connectivity index is 1.61.